The largest absolute Gasteiger partial charge is 0.507 e. The Morgan fingerprint density at radius 3 is 2.33 bits per heavy atom. The van der Waals surface area contributed by atoms with Crippen molar-refractivity contribution in [1.82, 2.24) is 5.32 Å². The van der Waals surface area contributed by atoms with Crippen LogP contribution in [0, 0.1) is 11.3 Å². The fourth-order valence-corrected chi connectivity index (χ4v) is 2.06. The van der Waals surface area contributed by atoms with Gasteiger partial charge in [-0.1, -0.05) is 52.0 Å². The Bertz CT molecular complexity index is 656. The maximum atomic E-state index is 12.3. The molecule has 2 N–H and O–H groups in total. The van der Waals surface area contributed by atoms with E-state index in [1.807, 2.05) is 24.3 Å². The molecule has 0 bridgehead atoms. The predicted molar refractivity (Wildman–Crippen MR) is 86.6 cm³/mol. The van der Waals surface area contributed by atoms with Gasteiger partial charge in [-0.15, -0.1) is 0 Å². The lowest BCUT2D eigenvalue weighted by Crippen LogP contribution is -2.33. The van der Waals surface area contributed by atoms with E-state index < -0.39 is 0 Å². The molecule has 3 heteroatoms. The first-order valence-electron chi connectivity index (χ1n) is 7.29. The van der Waals surface area contributed by atoms with Gasteiger partial charge >= 0.3 is 0 Å². The van der Waals surface area contributed by atoms with Gasteiger partial charge in [-0.2, -0.15) is 0 Å². The van der Waals surface area contributed by atoms with Gasteiger partial charge in [-0.05, 0) is 34.2 Å². The molecule has 0 spiro atoms. The maximum absolute atomic E-state index is 12.3. The second kappa shape index (κ2) is 5.76. The number of carbonyl (C=O) groups is 1. The Hall–Kier alpha value is -2.03. The molecule has 0 aliphatic heterocycles. The summed E-state index contributed by atoms with van der Waals surface area (Å²) in [7, 11) is 0. The van der Waals surface area contributed by atoms with Crippen LogP contribution in [-0.4, -0.2) is 17.6 Å². The van der Waals surface area contributed by atoms with Crippen LogP contribution in [0.3, 0.4) is 0 Å². The monoisotopic (exact) mass is 285 g/mol. The van der Waals surface area contributed by atoms with Gasteiger partial charge in [0.2, 0.25) is 0 Å². The Balaban J connectivity index is 2.18. The molecule has 0 aromatic heterocycles. The summed E-state index contributed by atoms with van der Waals surface area (Å²) in [6.45, 7) is 9.15. The number of phenols is 1. The number of rotatable bonds is 3. The van der Waals surface area contributed by atoms with Crippen molar-refractivity contribution in [3.8, 4) is 5.75 Å². The number of phenolic OH excluding ortho intramolecular Hbond substituents is 1. The van der Waals surface area contributed by atoms with E-state index in [0.29, 0.717) is 18.0 Å². The second-order valence-corrected chi connectivity index (χ2v) is 6.69. The third-order valence-corrected chi connectivity index (χ3v) is 4.16. The van der Waals surface area contributed by atoms with E-state index >= 15 is 0 Å². The molecule has 0 heterocycles. The van der Waals surface area contributed by atoms with Crippen molar-refractivity contribution in [2.75, 3.05) is 6.54 Å². The molecule has 2 rings (SSSR count). The fourth-order valence-electron chi connectivity index (χ4n) is 2.06. The number of carbonyl (C=O) groups excluding carboxylic acids is 1. The topological polar surface area (TPSA) is 49.3 Å². The lowest BCUT2D eigenvalue weighted by atomic mass is 9.82. The number of amides is 1. The SMILES string of the molecule is CC(CNC(=O)c1cc2ccccc2cc1O)C(C)(C)C. The highest BCUT2D eigenvalue weighted by Crippen LogP contribution is 2.26. The fraction of sp³-hybridized carbons (Fsp3) is 0.389. The Kier molecular flexibility index (Phi) is 4.21. The summed E-state index contributed by atoms with van der Waals surface area (Å²) >= 11 is 0. The molecule has 0 saturated carbocycles. The summed E-state index contributed by atoms with van der Waals surface area (Å²) in [6.07, 6.45) is 0. The third kappa shape index (κ3) is 3.54. The van der Waals surface area contributed by atoms with E-state index in [4.69, 9.17) is 0 Å². The molecule has 21 heavy (non-hydrogen) atoms. The molecule has 1 atom stereocenters. The zero-order valence-electron chi connectivity index (χ0n) is 13.1. The molecule has 3 nitrogen and oxygen atoms in total. The third-order valence-electron chi connectivity index (χ3n) is 4.16. The average Bonchev–Trinajstić information content (AvgIpc) is 2.42. The van der Waals surface area contributed by atoms with Crippen LogP contribution in [0.2, 0.25) is 0 Å². The molecule has 0 fully saturated rings. The molecule has 1 unspecified atom stereocenters. The van der Waals surface area contributed by atoms with Crippen LogP contribution in [-0.2, 0) is 0 Å². The minimum Gasteiger partial charge on any atom is -0.507 e. The molecular formula is C18H23NO2. The maximum Gasteiger partial charge on any atom is 0.255 e. The van der Waals surface area contributed by atoms with Gasteiger partial charge in [-0.25, -0.2) is 0 Å². The standard InChI is InChI=1S/C18H23NO2/c1-12(18(2,3)4)11-19-17(21)15-9-13-7-5-6-8-14(13)10-16(15)20/h5-10,12,20H,11H2,1-4H3,(H,19,21). The van der Waals surface area contributed by atoms with Gasteiger partial charge < -0.3 is 10.4 Å². The van der Waals surface area contributed by atoms with Crippen molar-refractivity contribution < 1.29 is 9.90 Å². The molecule has 0 aliphatic rings. The van der Waals surface area contributed by atoms with Crippen molar-refractivity contribution in [2.24, 2.45) is 11.3 Å². The summed E-state index contributed by atoms with van der Waals surface area (Å²) < 4.78 is 0. The number of hydrogen-bond donors (Lipinski definition) is 2. The Morgan fingerprint density at radius 2 is 1.76 bits per heavy atom. The molecule has 2 aromatic rings. The van der Waals surface area contributed by atoms with Crippen molar-refractivity contribution in [3.63, 3.8) is 0 Å². The van der Waals surface area contributed by atoms with E-state index in [2.05, 4.69) is 33.0 Å². The first-order valence-corrected chi connectivity index (χ1v) is 7.29. The smallest absolute Gasteiger partial charge is 0.255 e. The molecule has 0 radical (unpaired) electrons. The zero-order valence-corrected chi connectivity index (χ0v) is 13.1. The first kappa shape index (κ1) is 15.4. The van der Waals surface area contributed by atoms with Gasteiger partial charge in [0.15, 0.2) is 0 Å². The molecule has 112 valence electrons. The van der Waals surface area contributed by atoms with Crippen LogP contribution in [0.5, 0.6) is 5.75 Å². The zero-order chi connectivity index (χ0) is 15.6. The molecule has 2 aromatic carbocycles. The molecule has 0 aliphatic carbocycles. The lowest BCUT2D eigenvalue weighted by Gasteiger charge is -2.27. The number of aromatic hydroxyl groups is 1. The number of hydrogen-bond acceptors (Lipinski definition) is 2. The summed E-state index contributed by atoms with van der Waals surface area (Å²) in [6, 6.07) is 11.1. The van der Waals surface area contributed by atoms with Crippen molar-refractivity contribution in [3.05, 3.63) is 42.0 Å². The summed E-state index contributed by atoms with van der Waals surface area (Å²) in [5, 5.41) is 14.8. The van der Waals surface area contributed by atoms with Crippen molar-refractivity contribution in [1.29, 1.82) is 0 Å². The van der Waals surface area contributed by atoms with Crippen LogP contribution in [0.15, 0.2) is 36.4 Å². The highest BCUT2D eigenvalue weighted by Gasteiger charge is 2.21. The van der Waals surface area contributed by atoms with Crippen LogP contribution < -0.4 is 5.32 Å². The van der Waals surface area contributed by atoms with Crippen molar-refractivity contribution >= 4 is 16.7 Å². The van der Waals surface area contributed by atoms with E-state index in [1.54, 1.807) is 12.1 Å². The van der Waals surface area contributed by atoms with Gasteiger partial charge in [0.05, 0.1) is 5.56 Å². The predicted octanol–water partition coefficient (Wildman–Crippen LogP) is 3.96. The number of fused-ring (bicyclic) bond motifs is 1. The van der Waals surface area contributed by atoms with E-state index in [0.717, 1.165) is 10.8 Å². The summed E-state index contributed by atoms with van der Waals surface area (Å²) in [5.41, 5.74) is 0.466. The lowest BCUT2D eigenvalue weighted by molar-refractivity contribution is 0.0934. The molecule has 1 amide bonds. The summed E-state index contributed by atoms with van der Waals surface area (Å²) in [5.74, 6) is 0.146. The normalized spacial score (nSPS) is 13.1. The van der Waals surface area contributed by atoms with Gasteiger partial charge in [0.25, 0.3) is 5.91 Å². The molecule has 0 saturated heterocycles. The van der Waals surface area contributed by atoms with Crippen LogP contribution >= 0.6 is 0 Å². The van der Waals surface area contributed by atoms with Gasteiger partial charge in [0.1, 0.15) is 5.75 Å². The Labute approximate surface area is 126 Å². The van der Waals surface area contributed by atoms with Crippen molar-refractivity contribution in [2.45, 2.75) is 27.7 Å². The minimum absolute atomic E-state index is 0.0228. The van der Waals surface area contributed by atoms with Crippen LogP contribution in [0.1, 0.15) is 38.1 Å². The molecular weight excluding hydrogens is 262 g/mol. The van der Waals surface area contributed by atoms with Gasteiger partial charge in [0, 0.05) is 6.54 Å². The van der Waals surface area contributed by atoms with Crippen LogP contribution in [0.25, 0.3) is 10.8 Å². The average molecular weight is 285 g/mol. The number of benzene rings is 2. The van der Waals surface area contributed by atoms with E-state index in [1.165, 1.54) is 0 Å². The Morgan fingerprint density at radius 1 is 1.19 bits per heavy atom. The quantitative estimate of drug-likeness (QED) is 0.897. The first-order chi connectivity index (χ1) is 9.79. The highest BCUT2D eigenvalue weighted by atomic mass is 16.3. The summed E-state index contributed by atoms with van der Waals surface area (Å²) in [4.78, 5) is 12.3. The van der Waals surface area contributed by atoms with E-state index in [-0.39, 0.29) is 17.1 Å². The highest BCUT2D eigenvalue weighted by molar-refractivity contribution is 6.01. The number of nitrogens with one attached hydrogen (secondary N) is 1. The van der Waals surface area contributed by atoms with E-state index in [9.17, 15) is 9.90 Å². The minimum atomic E-state index is -0.227. The van der Waals surface area contributed by atoms with Crippen LogP contribution in [0.4, 0.5) is 0 Å². The second-order valence-electron chi connectivity index (χ2n) is 6.69. The van der Waals surface area contributed by atoms with Gasteiger partial charge in [-0.3, -0.25) is 4.79 Å².